The largest absolute Gasteiger partial charge is 0.484 e. The summed E-state index contributed by atoms with van der Waals surface area (Å²) in [4.78, 5) is 26.6. The molecule has 2 aromatic carbocycles. The van der Waals surface area contributed by atoms with Gasteiger partial charge >= 0.3 is 0 Å². The fourth-order valence-corrected chi connectivity index (χ4v) is 2.32. The van der Waals surface area contributed by atoms with Crippen LogP contribution in [0.5, 0.6) is 5.75 Å². The molecule has 0 radical (unpaired) electrons. The molecular formula is C18H16FN3O3. The summed E-state index contributed by atoms with van der Waals surface area (Å²) in [5.74, 6) is -0.965. The summed E-state index contributed by atoms with van der Waals surface area (Å²) in [5, 5.41) is 0.307. The number of H-pyrrole nitrogens is 1. The Morgan fingerprint density at radius 1 is 1.12 bits per heavy atom. The van der Waals surface area contributed by atoms with Crippen LogP contribution in [-0.2, 0) is 4.79 Å². The molecule has 3 aromatic rings. The first-order valence-electron chi connectivity index (χ1n) is 7.59. The van der Waals surface area contributed by atoms with E-state index in [4.69, 9.17) is 4.74 Å². The van der Waals surface area contributed by atoms with Gasteiger partial charge in [-0.25, -0.2) is 4.39 Å². The smallest absolute Gasteiger partial charge is 0.286 e. The molecular weight excluding hydrogens is 325 g/mol. The van der Waals surface area contributed by atoms with Crippen LogP contribution in [0.2, 0.25) is 0 Å². The van der Waals surface area contributed by atoms with Gasteiger partial charge in [0.05, 0.1) is 0 Å². The number of nitrogens with one attached hydrogen (secondary N) is 3. The van der Waals surface area contributed by atoms with Crippen molar-refractivity contribution in [2.45, 2.75) is 6.92 Å². The molecule has 1 heterocycles. The fourth-order valence-electron chi connectivity index (χ4n) is 2.32. The molecule has 0 saturated heterocycles. The topological polar surface area (TPSA) is 83.2 Å². The number of benzene rings is 2. The Labute approximate surface area is 143 Å². The van der Waals surface area contributed by atoms with Gasteiger partial charge in [-0.05, 0) is 42.8 Å². The number of carbonyl (C=O) groups is 2. The van der Waals surface area contributed by atoms with E-state index >= 15 is 0 Å². The van der Waals surface area contributed by atoms with Crippen LogP contribution < -0.4 is 15.6 Å². The van der Waals surface area contributed by atoms with E-state index in [2.05, 4.69) is 15.8 Å². The summed E-state index contributed by atoms with van der Waals surface area (Å²) in [5.41, 5.74) is 6.15. The summed E-state index contributed by atoms with van der Waals surface area (Å²) in [6.45, 7) is 1.67. The number of aromatic nitrogens is 1. The van der Waals surface area contributed by atoms with Crippen LogP contribution in [0, 0.1) is 12.7 Å². The summed E-state index contributed by atoms with van der Waals surface area (Å²) in [7, 11) is 0. The highest BCUT2D eigenvalue weighted by Gasteiger charge is 2.12. The number of carbonyl (C=O) groups excluding carboxylic acids is 2. The molecule has 3 N–H and O–H groups in total. The van der Waals surface area contributed by atoms with Crippen molar-refractivity contribution in [3.8, 4) is 5.75 Å². The van der Waals surface area contributed by atoms with Crippen molar-refractivity contribution >= 4 is 22.7 Å². The second-order valence-corrected chi connectivity index (χ2v) is 5.49. The lowest BCUT2D eigenvalue weighted by Gasteiger charge is -2.08. The second kappa shape index (κ2) is 7.04. The minimum Gasteiger partial charge on any atom is -0.484 e. The SMILES string of the molecule is Cc1cccc(OCC(=O)NNC(=O)c2cc3c(F)cccc3[nH]2)c1. The summed E-state index contributed by atoms with van der Waals surface area (Å²) < 4.78 is 19.0. The minimum atomic E-state index is -0.584. The molecule has 0 fully saturated rings. The van der Waals surface area contributed by atoms with E-state index in [1.807, 2.05) is 19.1 Å². The van der Waals surface area contributed by atoms with Gasteiger partial charge in [0, 0.05) is 10.9 Å². The number of hydrazine groups is 1. The lowest BCUT2D eigenvalue weighted by Crippen LogP contribution is -2.43. The van der Waals surface area contributed by atoms with E-state index in [1.54, 1.807) is 24.3 Å². The van der Waals surface area contributed by atoms with Crippen LogP contribution in [0.15, 0.2) is 48.5 Å². The Kier molecular flexibility index (Phi) is 4.65. The van der Waals surface area contributed by atoms with Crippen molar-refractivity contribution in [3.05, 3.63) is 65.6 Å². The number of hydrogen-bond donors (Lipinski definition) is 3. The van der Waals surface area contributed by atoms with E-state index in [9.17, 15) is 14.0 Å². The Balaban J connectivity index is 1.54. The van der Waals surface area contributed by atoms with Crippen LogP contribution in [0.1, 0.15) is 16.1 Å². The van der Waals surface area contributed by atoms with Crippen molar-refractivity contribution in [1.82, 2.24) is 15.8 Å². The molecule has 2 amide bonds. The van der Waals surface area contributed by atoms with Crippen LogP contribution in [0.3, 0.4) is 0 Å². The Bertz CT molecular complexity index is 936. The summed E-state index contributed by atoms with van der Waals surface area (Å²) >= 11 is 0. The molecule has 0 aliphatic carbocycles. The molecule has 6 nitrogen and oxygen atoms in total. The van der Waals surface area contributed by atoms with Crippen LogP contribution >= 0.6 is 0 Å². The zero-order valence-electron chi connectivity index (χ0n) is 13.4. The number of aromatic amines is 1. The van der Waals surface area contributed by atoms with Crippen LogP contribution in [-0.4, -0.2) is 23.4 Å². The van der Waals surface area contributed by atoms with Gasteiger partial charge in [0.25, 0.3) is 11.8 Å². The number of hydrogen-bond acceptors (Lipinski definition) is 3. The first-order valence-corrected chi connectivity index (χ1v) is 7.59. The van der Waals surface area contributed by atoms with Gasteiger partial charge in [-0.15, -0.1) is 0 Å². The van der Waals surface area contributed by atoms with E-state index in [0.717, 1.165) is 5.56 Å². The van der Waals surface area contributed by atoms with Gasteiger partial charge in [-0.3, -0.25) is 20.4 Å². The number of aryl methyl sites for hydroxylation is 1. The molecule has 0 unspecified atom stereocenters. The molecule has 0 saturated carbocycles. The Hall–Kier alpha value is -3.35. The van der Waals surface area contributed by atoms with Gasteiger partial charge in [0.2, 0.25) is 0 Å². The fraction of sp³-hybridized carbons (Fsp3) is 0.111. The zero-order valence-corrected chi connectivity index (χ0v) is 13.4. The third-order valence-corrected chi connectivity index (χ3v) is 3.53. The van der Waals surface area contributed by atoms with Crippen LogP contribution in [0.4, 0.5) is 4.39 Å². The van der Waals surface area contributed by atoms with E-state index in [-0.39, 0.29) is 12.3 Å². The molecule has 128 valence electrons. The van der Waals surface area contributed by atoms with E-state index < -0.39 is 17.6 Å². The van der Waals surface area contributed by atoms with Gasteiger partial charge in [-0.2, -0.15) is 0 Å². The van der Waals surface area contributed by atoms with Crippen molar-refractivity contribution in [3.63, 3.8) is 0 Å². The monoisotopic (exact) mass is 341 g/mol. The number of rotatable bonds is 4. The van der Waals surface area contributed by atoms with E-state index in [0.29, 0.717) is 16.7 Å². The summed E-state index contributed by atoms with van der Waals surface area (Å²) in [6, 6.07) is 13.2. The number of halogens is 1. The standard InChI is InChI=1S/C18H16FN3O3/c1-11-4-2-5-12(8-11)25-10-17(23)21-22-18(24)16-9-13-14(19)6-3-7-15(13)20-16/h2-9,20H,10H2,1H3,(H,21,23)(H,22,24). The lowest BCUT2D eigenvalue weighted by atomic mass is 10.2. The van der Waals surface area contributed by atoms with Gasteiger partial charge in [0.15, 0.2) is 6.61 Å². The number of fused-ring (bicyclic) bond motifs is 1. The molecule has 0 aliphatic rings. The maximum atomic E-state index is 13.6. The normalized spacial score (nSPS) is 10.5. The maximum absolute atomic E-state index is 13.6. The summed E-state index contributed by atoms with van der Waals surface area (Å²) in [6.07, 6.45) is 0. The molecule has 0 atom stereocenters. The molecule has 0 aliphatic heterocycles. The van der Waals surface area contributed by atoms with Gasteiger partial charge < -0.3 is 9.72 Å². The minimum absolute atomic E-state index is 0.139. The van der Waals surface area contributed by atoms with Gasteiger partial charge in [0.1, 0.15) is 17.3 Å². The second-order valence-electron chi connectivity index (χ2n) is 5.49. The lowest BCUT2D eigenvalue weighted by molar-refractivity contribution is -0.123. The average Bonchev–Trinajstić information content (AvgIpc) is 3.04. The quantitative estimate of drug-likeness (QED) is 0.638. The van der Waals surface area contributed by atoms with E-state index in [1.165, 1.54) is 12.1 Å². The third-order valence-electron chi connectivity index (χ3n) is 3.53. The Morgan fingerprint density at radius 2 is 1.92 bits per heavy atom. The molecule has 0 spiro atoms. The highest BCUT2D eigenvalue weighted by molar-refractivity contribution is 5.98. The van der Waals surface area contributed by atoms with Crippen molar-refractivity contribution in [2.75, 3.05) is 6.61 Å². The zero-order chi connectivity index (χ0) is 17.8. The number of amides is 2. The Morgan fingerprint density at radius 3 is 2.68 bits per heavy atom. The first kappa shape index (κ1) is 16.5. The molecule has 0 bridgehead atoms. The molecule has 7 heteroatoms. The van der Waals surface area contributed by atoms with Crippen LogP contribution in [0.25, 0.3) is 10.9 Å². The predicted molar refractivity (Wildman–Crippen MR) is 90.5 cm³/mol. The number of ether oxygens (including phenoxy) is 1. The predicted octanol–water partition coefficient (Wildman–Crippen LogP) is 2.46. The highest BCUT2D eigenvalue weighted by Crippen LogP contribution is 2.18. The first-order chi connectivity index (χ1) is 12.0. The van der Waals surface area contributed by atoms with Crippen molar-refractivity contribution < 1.29 is 18.7 Å². The molecule has 1 aromatic heterocycles. The van der Waals surface area contributed by atoms with Gasteiger partial charge in [-0.1, -0.05) is 18.2 Å². The van der Waals surface area contributed by atoms with Crippen molar-refractivity contribution in [1.29, 1.82) is 0 Å². The highest BCUT2D eigenvalue weighted by atomic mass is 19.1. The van der Waals surface area contributed by atoms with Crippen molar-refractivity contribution in [2.24, 2.45) is 0 Å². The average molecular weight is 341 g/mol. The third kappa shape index (κ3) is 3.95. The molecule has 3 rings (SSSR count). The maximum Gasteiger partial charge on any atom is 0.286 e. The molecule has 25 heavy (non-hydrogen) atoms.